The van der Waals surface area contributed by atoms with Crippen LogP contribution in [-0.4, -0.2) is 59.0 Å². The first-order chi connectivity index (χ1) is 11.6. The van der Waals surface area contributed by atoms with Gasteiger partial charge in [-0.3, -0.25) is 0 Å². The summed E-state index contributed by atoms with van der Waals surface area (Å²) in [5.41, 5.74) is 0. The summed E-state index contributed by atoms with van der Waals surface area (Å²) in [5, 5.41) is 11.6. The first-order valence-corrected chi connectivity index (χ1v) is 8.64. The maximum Gasteiger partial charge on any atom is 0.194 e. The van der Waals surface area contributed by atoms with Crippen LogP contribution in [0.15, 0.2) is 17.6 Å². The number of ether oxygens (including phenoxy) is 1. The van der Waals surface area contributed by atoms with Crippen LogP contribution >= 0.6 is 24.0 Å². The summed E-state index contributed by atoms with van der Waals surface area (Å²) < 4.78 is 7.40. The number of aliphatic imine (C=N–C) groups is 1. The highest BCUT2D eigenvalue weighted by Gasteiger charge is 2.15. The summed E-state index contributed by atoms with van der Waals surface area (Å²) in [6, 6.07) is 0. The normalized spacial score (nSPS) is 15.6. The van der Waals surface area contributed by atoms with E-state index in [-0.39, 0.29) is 24.0 Å². The molecular weight excluding hydrogens is 431 g/mol. The van der Waals surface area contributed by atoms with Crippen molar-refractivity contribution in [3.05, 3.63) is 24.3 Å². The van der Waals surface area contributed by atoms with Gasteiger partial charge in [0.1, 0.15) is 12.4 Å². The fourth-order valence-corrected chi connectivity index (χ4v) is 2.73. The molecule has 0 saturated carbocycles. The monoisotopic (exact) mass is 462 g/mol. The number of hydrogen-bond donors (Lipinski definition) is 1. The molecule has 1 aromatic heterocycles. The largest absolute Gasteiger partial charge is 0.381 e. The number of halogens is 1. The fraction of sp³-hybridized carbons (Fsp3) is 0.706. The second-order valence-electron chi connectivity index (χ2n) is 6.30. The van der Waals surface area contributed by atoms with Crippen molar-refractivity contribution in [1.29, 1.82) is 0 Å². The number of nitrogens with zero attached hydrogens (tertiary/aromatic N) is 5. The highest BCUT2D eigenvalue weighted by molar-refractivity contribution is 14.0. The Balaban J connectivity index is 0.00000312. The Bertz CT molecular complexity index is 553. The molecule has 1 fully saturated rings. The first kappa shape index (κ1) is 21.9. The minimum absolute atomic E-state index is 0. The molecule has 1 N–H and O–H groups in total. The predicted octanol–water partition coefficient (Wildman–Crippen LogP) is 2.12. The van der Waals surface area contributed by atoms with Crippen molar-refractivity contribution in [3.63, 3.8) is 0 Å². The van der Waals surface area contributed by atoms with Crippen molar-refractivity contribution in [1.82, 2.24) is 25.0 Å². The molecule has 0 bridgehead atoms. The van der Waals surface area contributed by atoms with Crippen molar-refractivity contribution in [2.24, 2.45) is 18.0 Å². The van der Waals surface area contributed by atoms with Gasteiger partial charge in [0.25, 0.3) is 0 Å². The number of rotatable bonds is 7. The topological polar surface area (TPSA) is 67.6 Å². The van der Waals surface area contributed by atoms with Crippen LogP contribution in [0.5, 0.6) is 0 Å². The lowest BCUT2D eigenvalue weighted by Crippen LogP contribution is -2.40. The van der Waals surface area contributed by atoms with Gasteiger partial charge in [0.2, 0.25) is 0 Å². The minimum atomic E-state index is 0. The Hall–Kier alpha value is -1.16. The molecule has 0 unspecified atom stereocenters. The van der Waals surface area contributed by atoms with Crippen LogP contribution in [-0.2, 0) is 18.3 Å². The minimum Gasteiger partial charge on any atom is -0.381 e. The Morgan fingerprint density at radius 3 is 2.76 bits per heavy atom. The molecule has 7 nitrogen and oxygen atoms in total. The maximum absolute atomic E-state index is 5.43. The van der Waals surface area contributed by atoms with Crippen LogP contribution in [0.25, 0.3) is 0 Å². The van der Waals surface area contributed by atoms with Crippen LogP contribution in [0.4, 0.5) is 0 Å². The van der Waals surface area contributed by atoms with Crippen molar-refractivity contribution in [2.75, 3.05) is 33.4 Å². The van der Waals surface area contributed by atoms with Crippen molar-refractivity contribution < 1.29 is 4.74 Å². The smallest absolute Gasteiger partial charge is 0.194 e. The lowest BCUT2D eigenvalue weighted by molar-refractivity contribution is 0.0625. The number of nitrogens with one attached hydrogen (secondary N) is 1. The molecule has 0 amide bonds. The van der Waals surface area contributed by atoms with E-state index in [1.54, 1.807) is 0 Å². The third kappa shape index (κ3) is 6.93. The van der Waals surface area contributed by atoms with Crippen LogP contribution in [0.3, 0.4) is 0 Å². The van der Waals surface area contributed by atoms with Gasteiger partial charge in [0.05, 0.1) is 0 Å². The van der Waals surface area contributed by atoms with Crippen molar-refractivity contribution in [3.8, 4) is 0 Å². The average Bonchev–Trinajstić information content (AvgIpc) is 2.92. The SMILES string of the molecule is C=CCNC(=NCc1nnc(C)n1C)N(C)CCC1CCOCC1.I. The third-order valence-corrected chi connectivity index (χ3v) is 4.53. The molecule has 0 atom stereocenters. The molecule has 1 aromatic rings. The van der Waals surface area contributed by atoms with Gasteiger partial charge < -0.3 is 19.5 Å². The molecule has 0 aliphatic carbocycles. The molecule has 0 aromatic carbocycles. The van der Waals surface area contributed by atoms with Gasteiger partial charge in [-0.2, -0.15) is 0 Å². The van der Waals surface area contributed by atoms with Crippen LogP contribution in [0.2, 0.25) is 0 Å². The van der Waals surface area contributed by atoms with Gasteiger partial charge in [0, 0.05) is 40.4 Å². The zero-order valence-corrected chi connectivity index (χ0v) is 17.9. The lowest BCUT2D eigenvalue weighted by atomic mass is 9.96. The second-order valence-corrected chi connectivity index (χ2v) is 6.30. The van der Waals surface area contributed by atoms with E-state index in [1.165, 1.54) is 12.8 Å². The van der Waals surface area contributed by atoms with E-state index < -0.39 is 0 Å². The van der Waals surface area contributed by atoms with Crippen molar-refractivity contribution >= 4 is 29.9 Å². The molecule has 2 heterocycles. The molecule has 0 spiro atoms. The van der Waals surface area contributed by atoms with Crippen LogP contribution in [0.1, 0.15) is 30.9 Å². The van der Waals surface area contributed by atoms with Crippen molar-refractivity contribution in [2.45, 2.75) is 32.7 Å². The van der Waals surface area contributed by atoms with E-state index in [9.17, 15) is 0 Å². The molecule has 142 valence electrons. The zero-order chi connectivity index (χ0) is 17.4. The maximum atomic E-state index is 5.43. The Morgan fingerprint density at radius 2 is 2.16 bits per heavy atom. The molecule has 1 aliphatic rings. The highest BCUT2D eigenvalue weighted by atomic mass is 127. The van der Waals surface area contributed by atoms with E-state index in [0.29, 0.717) is 13.1 Å². The van der Waals surface area contributed by atoms with Gasteiger partial charge in [-0.25, -0.2) is 4.99 Å². The number of aryl methyl sites for hydroxylation is 1. The van der Waals surface area contributed by atoms with E-state index >= 15 is 0 Å². The number of hydrogen-bond acceptors (Lipinski definition) is 4. The van der Waals surface area contributed by atoms with E-state index in [2.05, 4.69) is 34.0 Å². The standard InChI is InChI=1S/C17H30N6O.HI/c1-5-9-18-17(19-13-16-21-20-14(2)23(16)4)22(3)10-6-15-7-11-24-12-8-15;/h5,15H,1,6-13H2,2-4H3,(H,18,19);1H. The molecule has 8 heteroatoms. The van der Waals surface area contributed by atoms with E-state index in [1.807, 2.05) is 24.6 Å². The summed E-state index contributed by atoms with van der Waals surface area (Å²) in [6.07, 6.45) is 5.34. The molecule has 1 aliphatic heterocycles. The first-order valence-electron chi connectivity index (χ1n) is 8.64. The fourth-order valence-electron chi connectivity index (χ4n) is 2.73. The average molecular weight is 462 g/mol. The Labute approximate surface area is 167 Å². The Morgan fingerprint density at radius 1 is 1.44 bits per heavy atom. The quantitative estimate of drug-likeness (QED) is 0.291. The highest BCUT2D eigenvalue weighted by Crippen LogP contribution is 2.18. The summed E-state index contributed by atoms with van der Waals surface area (Å²) in [4.78, 5) is 6.89. The molecule has 2 rings (SSSR count). The van der Waals surface area contributed by atoms with Gasteiger partial charge in [-0.15, -0.1) is 40.8 Å². The van der Waals surface area contributed by atoms with Crippen LogP contribution < -0.4 is 5.32 Å². The lowest BCUT2D eigenvalue weighted by Gasteiger charge is -2.26. The number of aromatic nitrogens is 3. The summed E-state index contributed by atoms with van der Waals surface area (Å²) in [5.74, 6) is 3.39. The summed E-state index contributed by atoms with van der Waals surface area (Å²) >= 11 is 0. The molecule has 0 radical (unpaired) electrons. The summed E-state index contributed by atoms with van der Waals surface area (Å²) in [7, 11) is 4.04. The van der Waals surface area contributed by atoms with Gasteiger partial charge in [-0.1, -0.05) is 6.08 Å². The summed E-state index contributed by atoms with van der Waals surface area (Å²) in [6.45, 7) is 9.69. The Kier molecular flexibility index (Phi) is 10.0. The zero-order valence-electron chi connectivity index (χ0n) is 15.6. The second kappa shape index (κ2) is 11.5. The van der Waals surface area contributed by atoms with E-state index in [0.717, 1.165) is 49.7 Å². The number of guanidine groups is 1. The molecule has 1 saturated heterocycles. The molecular formula is C17H31IN6O. The van der Waals surface area contributed by atoms with E-state index in [4.69, 9.17) is 9.73 Å². The molecule has 25 heavy (non-hydrogen) atoms. The van der Waals surface area contributed by atoms with Gasteiger partial charge in [-0.05, 0) is 32.1 Å². The predicted molar refractivity (Wildman–Crippen MR) is 111 cm³/mol. The van der Waals surface area contributed by atoms with Gasteiger partial charge in [0.15, 0.2) is 11.8 Å². The van der Waals surface area contributed by atoms with Gasteiger partial charge >= 0.3 is 0 Å². The third-order valence-electron chi connectivity index (χ3n) is 4.53. The van der Waals surface area contributed by atoms with Crippen LogP contribution in [0, 0.1) is 12.8 Å².